The van der Waals surface area contributed by atoms with E-state index in [4.69, 9.17) is 0 Å². The number of carbonyl (C=O) groups is 1. The largest absolute Gasteiger partial charge is 0.340 e. The van der Waals surface area contributed by atoms with Crippen molar-refractivity contribution >= 4 is 5.91 Å². The number of aromatic nitrogens is 6. The van der Waals surface area contributed by atoms with Gasteiger partial charge in [-0.05, 0) is 34.9 Å². The fraction of sp³-hybridized carbons (Fsp3) is 0.333. The summed E-state index contributed by atoms with van der Waals surface area (Å²) in [5.74, 6) is 0.384. The van der Waals surface area contributed by atoms with E-state index < -0.39 is 6.04 Å². The molecule has 1 saturated heterocycles. The summed E-state index contributed by atoms with van der Waals surface area (Å²) in [5, 5.41) is 11.4. The van der Waals surface area contributed by atoms with Crippen LogP contribution in [-0.4, -0.2) is 54.1 Å². The Morgan fingerprint density at radius 1 is 1.12 bits per heavy atom. The van der Waals surface area contributed by atoms with Gasteiger partial charge in [-0.3, -0.25) is 4.79 Å². The molecular formula is C18H19N7O. The number of piperidine rings is 1. The zero-order valence-corrected chi connectivity index (χ0v) is 14.2. The maximum Gasteiger partial charge on any atom is 0.252 e. The number of hydrogen-bond acceptors (Lipinski definition) is 6. The first-order chi connectivity index (χ1) is 12.8. The molecule has 0 N–H and O–H groups in total. The number of tetrazole rings is 1. The number of rotatable bonds is 4. The summed E-state index contributed by atoms with van der Waals surface area (Å²) in [6.45, 7) is 1.39. The molecule has 1 aliphatic rings. The summed E-state index contributed by atoms with van der Waals surface area (Å²) in [4.78, 5) is 23.4. The molecule has 0 aliphatic carbocycles. The Bertz CT molecular complexity index is 831. The summed E-state index contributed by atoms with van der Waals surface area (Å²) in [5.41, 5.74) is 1.93. The molecule has 4 rings (SSSR count). The normalized spacial score (nSPS) is 16.4. The highest BCUT2D eigenvalue weighted by atomic mass is 16.2. The van der Waals surface area contributed by atoms with Gasteiger partial charge >= 0.3 is 0 Å². The second kappa shape index (κ2) is 7.38. The van der Waals surface area contributed by atoms with Crippen LogP contribution in [0.5, 0.6) is 0 Å². The molecular weight excluding hydrogens is 330 g/mol. The molecule has 0 unspecified atom stereocenters. The molecule has 0 saturated carbocycles. The van der Waals surface area contributed by atoms with E-state index in [9.17, 15) is 4.79 Å². The number of likely N-dealkylation sites (tertiary alicyclic amines) is 1. The molecule has 26 heavy (non-hydrogen) atoms. The van der Waals surface area contributed by atoms with Gasteiger partial charge in [-0.25, -0.2) is 14.6 Å². The van der Waals surface area contributed by atoms with Crippen molar-refractivity contribution in [3.8, 4) is 0 Å². The molecule has 132 valence electrons. The zero-order chi connectivity index (χ0) is 17.8. The van der Waals surface area contributed by atoms with Crippen molar-refractivity contribution in [1.82, 2.24) is 35.1 Å². The zero-order valence-electron chi connectivity index (χ0n) is 14.2. The molecule has 1 fully saturated rings. The van der Waals surface area contributed by atoms with Crippen molar-refractivity contribution in [2.24, 2.45) is 0 Å². The van der Waals surface area contributed by atoms with Crippen LogP contribution < -0.4 is 0 Å². The number of hydrogen-bond donors (Lipinski definition) is 0. The predicted octanol–water partition coefficient (Wildman–Crippen LogP) is 1.46. The molecule has 0 spiro atoms. The summed E-state index contributed by atoms with van der Waals surface area (Å²) < 4.78 is 1.52. The molecule has 1 atom stereocenters. The van der Waals surface area contributed by atoms with E-state index in [1.54, 1.807) is 12.5 Å². The quantitative estimate of drug-likeness (QED) is 0.708. The molecule has 1 amide bonds. The van der Waals surface area contributed by atoms with Gasteiger partial charge in [-0.2, -0.15) is 0 Å². The molecule has 1 aromatic carbocycles. The maximum atomic E-state index is 13.2. The second-order valence-corrected chi connectivity index (χ2v) is 6.34. The fourth-order valence-corrected chi connectivity index (χ4v) is 3.44. The van der Waals surface area contributed by atoms with Crippen LogP contribution in [-0.2, 0) is 4.79 Å². The van der Waals surface area contributed by atoms with Crippen molar-refractivity contribution in [2.75, 3.05) is 13.1 Å². The van der Waals surface area contributed by atoms with Gasteiger partial charge in [0.25, 0.3) is 5.91 Å². The van der Waals surface area contributed by atoms with Crippen molar-refractivity contribution in [2.45, 2.75) is 24.8 Å². The third-order valence-corrected chi connectivity index (χ3v) is 4.81. The van der Waals surface area contributed by atoms with Crippen LogP contribution >= 0.6 is 0 Å². The minimum absolute atomic E-state index is 0.0182. The van der Waals surface area contributed by atoms with Gasteiger partial charge < -0.3 is 4.90 Å². The standard InChI is InChI=1S/C18H19N7O/c26-18(17(25-13-21-22-23-25)15-4-2-1-3-5-15)24-10-7-14(8-11-24)16-6-9-19-12-20-16/h1-6,9,12-14,17H,7-8,10-11H2/t17-/m1/s1. The van der Waals surface area contributed by atoms with Crippen molar-refractivity contribution in [3.63, 3.8) is 0 Å². The van der Waals surface area contributed by atoms with Crippen LogP contribution in [0.15, 0.2) is 55.2 Å². The number of benzene rings is 1. The van der Waals surface area contributed by atoms with Crippen molar-refractivity contribution < 1.29 is 4.79 Å². The lowest BCUT2D eigenvalue weighted by molar-refractivity contribution is -0.135. The minimum Gasteiger partial charge on any atom is -0.340 e. The van der Waals surface area contributed by atoms with E-state index in [1.807, 2.05) is 41.3 Å². The maximum absolute atomic E-state index is 13.2. The molecule has 3 heterocycles. The summed E-state index contributed by atoms with van der Waals surface area (Å²) >= 11 is 0. The Morgan fingerprint density at radius 2 is 1.92 bits per heavy atom. The van der Waals surface area contributed by atoms with Gasteiger partial charge in [0.05, 0.1) is 0 Å². The molecule has 1 aliphatic heterocycles. The lowest BCUT2D eigenvalue weighted by Crippen LogP contribution is -2.42. The van der Waals surface area contributed by atoms with E-state index in [0.29, 0.717) is 19.0 Å². The van der Waals surface area contributed by atoms with E-state index in [0.717, 1.165) is 24.1 Å². The van der Waals surface area contributed by atoms with Crippen molar-refractivity contribution in [1.29, 1.82) is 0 Å². The van der Waals surface area contributed by atoms with Crippen LogP contribution in [0.3, 0.4) is 0 Å². The summed E-state index contributed by atoms with van der Waals surface area (Å²) in [6.07, 6.45) is 6.61. The van der Waals surface area contributed by atoms with Gasteiger partial charge in [0.15, 0.2) is 6.04 Å². The molecule has 8 heteroatoms. The van der Waals surface area contributed by atoms with E-state index in [-0.39, 0.29) is 5.91 Å². The third kappa shape index (κ3) is 3.30. The van der Waals surface area contributed by atoms with Crippen LogP contribution in [0.4, 0.5) is 0 Å². The molecule has 0 radical (unpaired) electrons. The van der Waals surface area contributed by atoms with Gasteiger partial charge in [0, 0.05) is 30.9 Å². The van der Waals surface area contributed by atoms with Gasteiger partial charge in [0.1, 0.15) is 12.7 Å². The van der Waals surface area contributed by atoms with Gasteiger partial charge in [-0.15, -0.1) is 5.10 Å². The average Bonchev–Trinajstić information content (AvgIpc) is 3.24. The summed E-state index contributed by atoms with van der Waals surface area (Å²) in [6, 6.07) is 11.0. The molecule has 2 aromatic heterocycles. The number of carbonyl (C=O) groups excluding carboxylic acids is 1. The number of amides is 1. The Morgan fingerprint density at radius 3 is 2.58 bits per heavy atom. The minimum atomic E-state index is -0.540. The van der Waals surface area contributed by atoms with E-state index in [1.165, 1.54) is 11.0 Å². The lowest BCUT2D eigenvalue weighted by Gasteiger charge is -2.34. The fourth-order valence-electron chi connectivity index (χ4n) is 3.44. The topological polar surface area (TPSA) is 89.7 Å². The Balaban J connectivity index is 1.51. The predicted molar refractivity (Wildman–Crippen MR) is 93.0 cm³/mol. The van der Waals surface area contributed by atoms with Crippen molar-refractivity contribution in [3.05, 3.63) is 66.5 Å². The lowest BCUT2D eigenvalue weighted by atomic mass is 9.92. The molecule has 8 nitrogen and oxygen atoms in total. The smallest absolute Gasteiger partial charge is 0.252 e. The monoisotopic (exact) mass is 349 g/mol. The Kier molecular flexibility index (Phi) is 4.63. The van der Waals surface area contributed by atoms with Gasteiger partial charge in [-0.1, -0.05) is 30.3 Å². The highest BCUT2D eigenvalue weighted by molar-refractivity contribution is 5.83. The van der Waals surface area contributed by atoms with E-state index >= 15 is 0 Å². The van der Waals surface area contributed by atoms with Crippen LogP contribution in [0.25, 0.3) is 0 Å². The van der Waals surface area contributed by atoms with Crippen LogP contribution in [0.1, 0.15) is 36.1 Å². The van der Waals surface area contributed by atoms with Gasteiger partial charge in [0.2, 0.25) is 0 Å². The first kappa shape index (κ1) is 16.3. The van der Waals surface area contributed by atoms with E-state index in [2.05, 4.69) is 25.5 Å². The number of nitrogens with zero attached hydrogens (tertiary/aromatic N) is 7. The summed E-state index contributed by atoms with van der Waals surface area (Å²) in [7, 11) is 0. The second-order valence-electron chi connectivity index (χ2n) is 6.34. The van der Waals surface area contributed by atoms with Crippen LogP contribution in [0, 0.1) is 0 Å². The average molecular weight is 349 g/mol. The first-order valence-electron chi connectivity index (χ1n) is 8.65. The Hall–Kier alpha value is -3.16. The highest BCUT2D eigenvalue weighted by Gasteiger charge is 2.31. The molecule has 3 aromatic rings. The SMILES string of the molecule is O=C([C@@H](c1ccccc1)n1cnnn1)N1CCC(c2ccncn2)CC1. The Labute approximate surface area is 150 Å². The molecule has 0 bridgehead atoms. The first-order valence-corrected chi connectivity index (χ1v) is 8.65. The van der Waals surface area contributed by atoms with Crippen LogP contribution in [0.2, 0.25) is 0 Å². The third-order valence-electron chi connectivity index (χ3n) is 4.81. The highest BCUT2D eigenvalue weighted by Crippen LogP contribution is 2.28.